The van der Waals surface area contributed by atoms with E-state index in [1.54, 1.807) is 17.9 Å². The Morgan fingerprint density at radius 1 is 1.22 bits per heavy atom. The monoisotopic (exact) mass is 396 g/mol. The topological polar surface area (TPSA) is 76.1 Å². The number of carbonyl (C=O) groups is 1. The van der Waals surface area contributed by atoms with Gasteiger partial charge < -0.3 is 14.4 Å². The van der Waals surface area contributed by atoms with Crippen molar-refractivity contribution in [1.29, 1.82) is 0 Å². The van der Waals surface area contributed by atoms with Crippen molar-refractivity contribution < 1.29 is 22.7 Å². The van der Waals surface area contributed by atoms with Crippen LogP contribution in [-0.4, -0.2) is 76.1 Å². The smallest absolute Gasteiger partial charge is 0.254 e. The summed E-state index contributed by atoms with van der Waals surface area (Å²) in [5.41, 5.74) is 1.40. The molecule has 2 saturated heterocycles. The lowest BCUT2D eigenvalue weighted by molar-refractivity contribution is -0.160. The molecule has 0 aliphatic carbocycles. The highest BCUT2D eigenvalue weighted by Gasteiger charge is 2.40. The lowest BCUT2D eigenvalue weighted by Gasteiger charge is -2.44. The number of nitrogens with zero attached hydrogens (tertiary/aromatic N) is 2. The van der Waals surface area contributed by atoms with Crippen LogP contribution in [0.3, 0.4) is 0 Å². The lowest BCUT2D eigenvalue weighted by atomic mass is 9.94. The predicted molar refractivity (Wildman–Crippen MR) is 101 cm³/mol. The van der Waals surface area contributed by atoms with Crippen molar-refractivity contribution >= 4 is 15.9 Å². The van der Waals surface area contributed by atoms with Gasteiger partial charge in [0.25, 0.3) is 5.91 Å². The quantitative estimate of drug-likeness (QED) is 0.775. The number of morpholine rings is 1. The third-order valence-corrected chi connectivity index (χ3v) is 7.39. The van der Waals surface area contributed by atoms with Gasteiger partial charge >= 0.3 is 0 Å². The van der Waals surface area contributed by atoms with Crippen molar-refractivity contribution in [1.82, 2.24) is 9.21 Å². The molecule has 1 unspecified atom stereocenters. The predicted octanol–water partition coefficient (Wildman–Crippen LogP) is 1.58. The highest BCUT2D eigenvalue weighted by Crippen LogP contribution is 2.29. The van der Waals surface area contributed by atoms with Gasteiger partial charge in [0.2, 0.25) is 10.0 Å². The molecule has 2 aliphatic rings. The van der Waals surface area contributed by atoms with E-state index in [0.717, 1.165) is 25.0 Å². The van der Waals surface area contributed by atoms with Crippen molar-refractivity contribution in [2.45, 2.75) is 37.2 Å². The summed E-state index contributed by atoms with van der Waals surface area (Å²) in [6.45, 7) is 6.23. The van der Waals surface area contributed by atoms with E-state index in [1.165, 1.54) is 24.5 Å². The Morgan fingerprint density at radius 2 is 1.96 bits per heavy atom. The normalized spacial score (nSPS) is 23.8. The summed E-state index contributed by atoms with van der Waals surface area (Å²) in [4.78, 5) is 15.1. The molecule has 0 N–H and O–H groups in total. The highest BCUT2D eigenvalue weighted by atomic mass is 32.2. The van der Waals surface area contributed by atoms with Gasteiger partial charge in [0.1, 0.15) is 5.60 Å². The first-order chi connectivity index (χ1) is 12.7. The minimum Gasteiger partial charge on any atom is -0.378 e. The minimum atomic E-state index is -3.63. The fourth-order valence-electron chi connectivity index (χ4n) is 3.68. The second-order valence-electron chi connectivity index (χ2n) is 7.62. The Bertz CT molecular complexity index is 823. The Labute approximate surface area is 161 Å². The zero-order valence-electron chi connectivity index (χ0n) is 16.4. The first-order valence-electron chi connectivity index (χ1n) is 9.21. The number of hydrogen-bond donors (Lipinski definition) is 0. The van der Waals surface area contributed by atoms with Gasteiger partial charge in [-0.15, -0.1) is 0 Å². The van der Waals surface area contributed by atoms with Crippen molar-refractivity contribution in [3.63, 3.8) is 0 Å². The van der Waals surface area contributed by atoms with E-state index < -0.39 is 15.6 Å². The van der Waals surface area contributed by atoms with Crippen LogP contribution in [0.2, 0.25) is 0 Å². The molecule has 7 nitrogen and oxygen atoms in total. The fraction of sp³-hybridized carbons (Fsp3) is 0.632. The molecule has 1 spiro atoms. The van der Waals surface area contributed by atoms with E-state index in [1.807, 2.05) is 6.92 Å². The molecule has 0 radical (unpaired) electrons. The standard InChI is InChI=1S/C19H28N2O5S/c1-14-10-16(11-17(15(14)2)27(23,24)20(3)4)18(22)21-7-9-26-19(12-21)6-5-8-25-13-19/h10-11H,5-9,12-13H2,1-4H3. The molecular weight excluding hydrogens is 368 g/mol. The Kier molecular flexibility index (Phi) is 5.63. The molecule has 1 atom stereocenters. The van der Waals surface area contributed by atoms with Gasteiger partial charge in [0, 0.05) is 32.8 Å². The molecule has 1 amide bonds. The molecule has 1 aromatic rings. The molecule has 150 valence electrons. The molecule has 2 aliphatic heterocycles. The summed E-state index contributed by atoms with van der Waals surface area (Å²) < 4.78 is 38.0. The Morgan fingerprint density at radius 3 is 2.59 bits per heavy atom. The average Bonchev–Trinajstić information content (AvgIpc) is 2.63. The van der Waals surface area contributed by atoms with Crippen LogP contribution < -0.4 is 0 Å². The molecule has 0 saturated carbocycles. The third-order valence-electron chi connectivity index (χ3n) is 5.45. The molecular formula is C19H28N2O5S. The van der Waals surface area contributed by atoms with E-state index in [-0.39, 0.29) is 10.8 Å². The van der Waals surface area contributed by atoms with Crippen molar-refractivity contribution in [2.24, 2.45) is 0 Å². The summed E-state index contributed by atoms with van der Waals surface area (Å²) in [5.74, 6) is -0.165. The summed E-state index contributed by atoms with van der Waals surface area (Å²) in [6.07, 6.45) is 1.78. The number of ether oxygens (including phenoxy) is 2. The minimum absolute atomic E-state index is 0.165. The summed E-state index contributed by atoms with van der Waals surface area (Å²) in [7, 11) is -0.639. The van der Waals surface area contributed by atoms with Crippen LogP contribution in [0.15, 0.2) is 17.0 Å². The third kappa shape index (κ3) is 3.89. The second kappa shape index (κ2) is 7.50. The van der Waals surface area contributed by atoms with E-state index in [2.05, 4.69) is 0 Å². The van der Waals surface area contributed by atoms with Gasteiger partial charge in [0.15, 0.2) is 0 Å². The van der Waals surface area contributed by atoms with E-state index in [9.17, 15) is 13.2 Å². The second-order valence-corrected chi connectivity index (χ2v) is 9.74. The van der Waals surface area contributed by atoms with Gasteiger partial charge in [-0.1, -0.05) is 0 Å². The number of rotatable bonds is 3. The van der Waals surface area contributed by atoms with Crippen molar-refractivity contribution in [3.05, 3.63) is 28.8 Å². The largest absolute Gasteiger partial charge is 0.378 e. The molecule has 1 aromatic carbocycles. The van der Waals surface area contributed by atoms with Crippen molar-refractivity contribution in [2.75, 3.05) is 47.0 Å². The van der Waals surface area contributed by atoms with E-state index in [0.29, 0.717) is 37.4 Å². The Hall–Kier alpha value is -1.48. The van der Waals surface area contributed by atoms with Crippen LogP contribution >= 0.6 is 0 Å². The lowest BCUT2D eigenvalue weighted by Crippen LogP contribution is -2.57. The van der Waals surface area contributed by atoms with Crippen LogP contribution in [0.4, 0.5) is 0 Å². The molecule has 3 rings (SSSR count). The van der Waals surface area contributed by atoms with Gasteiger partial charge in [-0.25, -0.2) is 12.7 Å². The summed E-state index contributed by atoms with van der Waals surface area (Å²) in [5, 5.41) is 0. The van der Waals surface area contributed by atoms with Gasteiger partial charge in [-0.2, -0.15) is 0 Å². The molecule has 2 heterocycles. The van der Waals surface area contributed by atoms with E-state index >= 15 is 0 Å². The molecule has 2 fully saturated rings. The zero-order chi connectivity index (χ0) is 19.8. The Balaban J connectivity index is 1.92. The average molecular weight is 397 g/mol. The molecule has 0 bridgehead atoms. The van der Waals surface area contributed by atoms with Gasteiger partial charge in [0.05, 0.1) is 24.7 Å². The first-order valence-corrected chi connectivity index (χ1v) is 10.7. The number of carbonyl (C=O) groups excluding carboxylic acids is 1. The van der Waals surface area contributed by atoms with Crippen molar-refractivity contribution in [3.8, 4) is 0 Å². The van der Waals surface area contributed by atoms with Crippen LogP contribution in [0.25, 0.3) is 0 Å². The maximum atomic E-state index is 13.2. The molecule has 0 aromatic heterocycles. The molecule has 27 heavy (non-hydrogen) atoms. The van der Waals surface area contributed by atoms with Crippen LogP contribution in [0.5, 0.6) is 0 Å². The number of amides is 1. The SMILES string of the molecule is Cc1cc(C(=O)N2CCOC3(CCCOC3)C2)cc(S(=O)(=O)N(C)C)c1C. The summed E-state index contributed by atoms with van der Waals surface area (Å²) in [6, 6.07) is 3.27. The fourth-order valence-corrected chi connectivity index (χ4v) is 4.90. The number of benzene rings is 1. The van der Waals surface area contributed by atoms with Gasteiger partial charge in [-0.05, 0) is 49.9 Å². The zero-order valence-corrected chi connectivity index (χ0v) is 17.3. The van der Waals surface area contributed by atoms with Crippen LogP contribution in [0, 0.1) is 13.8 Å². The van der Waals surface area contributed by atoms with Gasteiger partial charge in [-0.3, -0.25) is 4.79 Å². The first kappa shape index (κ1) is 20.3. The highest BCUT2D eigenvalue weighted by molar-refractivity contribution is 7.89. The number of hydrogen-bond acceptors (Lipinski definition) is 5. The number of sulfonamides is 1. The maximum Gasteiger partial charge on any atom is 0.254 e. The van der Waals surface area contributed by atoms with Crippen LogP contribution in [-0.2, 0) is 19.5 Å². The van der Waals surface area contributed by atoms with E-state index in [4.69, 9.17) is 9.47 Å². The number of aryl methyl sites for hydroxylation is 1. The molecule has 8 heteroatoms. The van der Waals surface area contributed by atoms with Crippen LogP contribution in [0.1, 0.15) is 34.3 Å². The summed E-state index contributed by atoms with van der Waals surface area (Å²) >= 11 is 0. The maximum absolute atomic E-state index is 13.2.